The largest absolute Gasteiger partial charge is 0.319 e. The van der Waals surface area contributed by atoms with Crippen LogP contribution in [0.15, 0.2) is 87.2 Å². The minimum atomic E-state index is -3.74. The summed E-state index contributed by atoms with van der Waals surface area (Å²) >= 11 is 4.85. The summed E-state index contributed by atoms with van der Waals surface area (Å²) in [6.45, 7) is 0. The molecule has 6 nitrogen and oxygen atoms in total. The number of nitrogens with one attached hydrogen (secondary N) is 1. The van der Waals surface area contributed by atoms with Crippen molar-refractivity contribution in [3.63, 3.8) is 0 Å². The number of thiazole rings is 1. The van der Waals surface area contributed by atoms with E-state index in [1.54, 1.807) is 36.4 Å². The van der Waals surface area contributed by atoms with E-state index in [9.17, 15) is 13.2 Å². The first-order chi connectivity index (χ1) is 14.3. The lowest BCUT2D eigenvalue weighted by atomic mass is 10.2. The summed E-state index contributed by atoms with van der Waals surface area (Å²) in [5.41, 5.74) is 1.56. The lowest BCUT2D eigenvalue weighted by molar-refractivity contribution is 0.0998. The van der Waals surface area contributed by atoms with Gasteiger partial charge in [-0.2, -0.15) is 4.99 Å². The fourth-order valence-corrected chi connectivity index (χ4v) is 5.53. The first-order valence-corrected chi connectivity index (χ1v) is 11.9. The highest BCUT2D eigenvalue weighted by atomic mass is 79.9. The van der Waals surface area contributed by atoms with Crippen molar-refractivity contribution < 1.29 is 13.2 Å². The molecule has 4 rings (SSSR count). The van der Waals surface area contributed by atoms with Gasteiger partial charge in [0.25, 0.3) is 15.9 Å². The van der Waals surface area contributed by atoms with Crippen molar-refractivity contribution in [2.24, 2.45) is 12.0 Å². The summed E-state index contributed by atoms with van der Waals surface area (Å²) in [5.74, 6) is -0.447. The molecule has 0 spiro atoms. The number of sulfonamides is 1. The monoisotopic (exact) mass is 501 g/mol. The minimum Gasteiger partial charge on any atom is -0.319 e. The van der Waals surface area contributed by atoms with E-state index in [0.29, 0.717) is 16.1 Å². The molecule has 3 aromatic carbocycles. The molecule has 1 N–H and O–H groups in total. The summed E-state index contributed by atoms with van der Waals surface area (Å²) in [5, 5.41) is 0. The molecule has 0 unspecified atom stereocenters. The molecule has 0 saturated carbocycles. The number of nitrogens with zero attached hydrogens (tertiary/aromatic N) is 2. The van der Waals surface area contributed by atoms with Crippen molar-refractivity contribution in [1.29, 1.82) is 0 Å². The van der Waals surface area contributed by atoms with Gasteiger partial charge >= 0.3 is 0 Å². The summed E-state index contributed by atoms with van der Waals surface area (Å²) < 4.78 is 31.4. The smallest absolute Gasteiger partial charge is 0.279 e. The van der Waals surface area contributed by atoms with Crippen molar-refractivity contribution in [1.82, 2.24) is 4.57 Å². The molecule has 0 saturated heterocycles. The third-order valence-electron chi connectivity index (χ3n) is 4.38. The molecule has 0 fully saturated rings. The molecule has 0 radical (unpaired) electrons. The number of fused-ring (bicyclic) bond motifs is 1. The number of aromatic nitrogens is 1. The molecule has 4 aromatic rings. The molecule has 0 bridgehead atoms. The van der Waals surface area contributed by atoms with Crippen LogP contribution in [0.25, 0.3) is 10.2 Å². The first kappa shape index (κ1) is 20.5. The number of carbonyl (C=O) groups is 1. The topological polar surface area (TPSA) is 80.5 Å². The Morgan fingerprint density at radius 1 is 1.03 bits per heavy atom. The molecular weight excluding hydrogens is 486 g/mol. The summed E-state index contributed by atoms with van der Waals surface area (Å²) in [6.07, 6.45) is 0. The van der Waals surface area contributed by atoms with Crippen molar-refractivity contribution in [2.75, 3.05) is 4.72 Å². The Labute approximate surface area is 185 Å². The van der Waals surface area contributed by atoms with E-state index in [1.807, 2.05) is 29.8 Å². The predicted octanol–water partition coefficient (Wildman–Crippen LogP) is 4.54. The zero-order chi connectivity index (χ0) is 21.3. The highest BCUT2D eigenvalue weighted by Crippen LogP contribution is 2.22. The standard InChI is InChI=1S/C21H16BrN3O3S2/c1-25-18-11-10-15(22)13-19(18)29-21(25)23-20(26)14-6-5-7-16(12-14)24-30(27,28)17-8-3-2-4-9-17/h2-13,24H,1H3. The van der Waals surface area contributed by atoms with Gasteiger partial charge in [0.15, 0.2) is 4.80 Å². The highest BCUT2D eigenvalue weighted by Gasteiger charge is 2.15. The molecule has 1 aromatic heterocycles. The SMILES string of the molecule is Cn1c(=NC(=O)c2cccc(NS(=O)(=O)c3ccccc3)c2)sc2cc(Br)ccc21. The second-order valence-corrected chi connectivity index (χ2v) is 10.1. The fraction of sp³-hybridized carbons (Fsp3) is 0.0476. The minimum absolute atomic E-state index is 0.148. The number of anilines is 1. The quantitative estimate of drug-likeness (QED) is 0.445. The molecule has 30 heavy (non-hydrogen) atoms. The van der Waals surface area contributed by atoms with Crippen LogP contribution in [0.2, 0.25) is 0 Å². The van der Waals surface area contributed by atoms with Crippen LogP contribution in [0, 0.1) is 0 Å². The Morgan fingerprint density at radius 3 is 2.57 bits per heavy atom. The summed E-state index contributed by atoms with van der Waals surface area (Å²) in [7, 11) is -1.89. The van der Waals surface area contributed by atoms with Crippen LogP contribution in [-0.4, -0.2) is 18.9 Å². The molecule has 1 heterocycles. The maximum absolute atomic E-state index is 12.7. The van der Waals surface area contributed by atoms with Gasteiger partial charge in [0.05, 0.1) is 15.1 Å². The maximum Gasteiger partial charge on any atom is 0.279 e. The van der Waals surface area contributed by atoms with Gasteiger partial charge in [0.1, 0.15) is 0 Å². The summed E-state index contributed by atoms with van der Waals surface area (Å²) in [4.78, 5) is 17.7. The average Bonchev–Trinajstić information content (AvgIpc) is 3.03. The van der Waals surface area contributed by atoms with Crippen LogP contribution in [0.4, 0.5) is 5.69 Å². The van der Waals surface area contributed by atoms with Crippen LogP contribution >= 0.6 is 27.3 Å². The van der Waals surface area contributed by atoms with E-state index in [-0.39, 0.29) is 4.90 Å². The molecule has 9 heteroatoms. The molecule has 152 valence electrons. The number of hydrogen-bond acceptors (Lipinski definition) is 4. The van der Waals surface area contributed by atoms with Gasteiger partial charge in [-0.1, -0.05) is 51.5 Å². The van der Waals surface area contributed by atoms with Crippen molar-refractivity contribution >= 4 is 59.1 Å². The van der Waals surface area contributed by atoms with Crippen molar-refractivity contribution in [2.45, 2.75) is 4.90 Å². The molecule has 0 aliphatic rings. The van der Waals surface area contributed by atoms with Crippen LogP contribution in [0.1, 0.15) is 10.4 Å². The number of rotatable bonds is 4. The lowest BCUT2D eigenvalue weighted by Gasteiger charge is -2.08. The molecule has 0 atom stereocenters. The maximum atomic E-state index is 12.7. The first-order valence-electron chi connectivity index (χ1n) is 8.85. The number of amides is 1. The molecular formula is C21H16BrN3O3S2. The Hall–Kier alpha value is -2.75. The molecule has 1 amide bonds. The lowest BCUT2D eigenvalue weighted by Crippen LogP contribution is -2.14. The average molecular weight is 502 g/mol. The Balaban J connectivity index is 1.65. The van der Waals surface area contributed by atoms with Gasteiger partial charge in [0.2, 0.25) is 0 Å². The third kappa shape index (κ3) is 4.23. The fourth-order valence-electron chi connectivity index (χ4n) is 2.90. The summed E-state index contributed by atoms with van der Waals surface area (Å²) in [6, 6.07) is 20.2. The van der Waals surface area contributed by atoms with Crippen LogP contribution in [-0.2, 0) is 17.1 Å². The normalized spacial score (nSPS) is 12.3. The van der Waals surface area contributed by atoms with Crippen molar-refractivity contribution in [3.8, 4) is 0 Å². The van der Waals surface area contributed by atoms with Gasteiger partial charge in [-0.15, -0.1) is 0 Å². The van der Waals surface area contributed by atoms with Gasteiger partial charge in [-0.05, 0) is 48.5 Å². The van der Waals surface area contributed by atoms with Gasteiger partial charge in [-0.25, -0.2) is 8.42 Å². The molecule has 0 aliphatic carbocycles. The van der Waals surface area contributed by atoms with E-state index in [1.165, 1.54) is 29.5 Å². The number of carbonyl (C=O) groups excluding carboxylic acids is 1. The molecule has 0 aliphatic heterocycles. The predicted molar refractivity (Wildman–Crippen MR) is 122 cm³/mol. The number of benzene rings is 3. The van der Waals surface area contributed by atoms with Gasteiger partial charge < -0.3 is 4.57 Å². The van der Waals surface area contributed by atoms with E-state index in [0.717, 1.165) is 14.7 Å². The van der Waals surface area contributed by atoms with Crippen molar-refractivity contribution in [3.05, 3.63) is 87.6 Å². The van der Waals surface area contributed by atoms with E-state index in [4.69, 9.17) is 0 Å². The Morgan fingerprint density at radius 2 is 1.80 bits per heavy atom. The van der Waals surface area contributed by atoms with Crippen LogP contribution in [0.3, 0.4) is 0 Å². The zero-order valence-corrected chi connectivity index (χ0v) is 19.0. The second kappa shape index (κ2) is 8.17. The zero-order valence-electron chi connectivity index (χ0n) is 15.7. The van der Waals surface area contributed by atoms with Crippen LogP contribution < -0.4 is 9.52 Å². The Bertz CT molecular complexity index is 1420. The number of hydrogen-bond donors (Lipinski definition) is 1. The van der Waals surface area contributed by atoms with E-state index < -0.39 is 15.9 Å². The third-order valence-corrected chi connectivity index (χ3v) is 7.37. The Kier molecular flexibility index (Phi) is 5.59. The highest BCUT2D eigenvalue weighted by molar-refractivity contribution is 9.10. The van der Waals surface area contributed by atoms with E-state index >= 15 is 0 Å². The van der Waals surface area contributed by atoms with Crippen LogP contribution in [0.5, 0.6) is 0 Å². The number of aryl methyl sites for hydroxylation is 1. The second-order valence-electron chi connectivity index (χ2n) is 6.47. The van der Waals surface area contributed by atoms with Gasteiger partial charge in [-0.3, -0.25) is 9.52 Å². The number of halogens is 1. The van der Waals surface area contributed by atoms with Gasteiger partial charge in [0, 0.05) is 22.8 Å². The van der Waals surface area contributed by atoms with E-state index in [2.05, 4.69) is 25.6 Å².